The zero-order chi connectivity index (χ0) is 37.7. The van der Waals surface area contributed by atoms with Gasteiger partial charge in [-0.15, -0.1) is 11.3 Å². The predicted molar refractivity (Wildman–Crippen MR) is 238 cm³/mol. The molecule has 0 aliphatic heterocycles. The zero-order valence-electron chi connectivity index (χ0n) is 30.7. The highest BCUT2D eigenvalue weighted by atomic mass is 32.1. The second kappa shape index (κ2) is 13.7. The summed E-state index contributed by atoms with van der Waals surface area (Å²) in [7, 11) is 0. The molecular weight excluding hydrogens is 713 g/mol. The van der Waals surface area contributed by atoms with Gasteiger partial charge in [0, 0.05) is 53.2 Å². The maximum Gasteiger partial charge on any atom is 0.160 e. The van der Waals surface area contributed by atoms with E-state index >= 15 is 0 Å². The van der Waals surface area contributed by atoms with Crippen molar-refractivity contribution in [2.75, 3.05) is 0 Å². The number of thiophene rings is 1. The summed E-state index contributed by atoms with van der Waals surface area (Å²) in [5, 5.41) is 4.64. The first kappa shape index (κ1) is 33.0. The van der Waals surface area contributed by atoms with Gasteiger partial charge in [0.2, 0.25) is 0 Å². The molecule has 0 saturated heterocycles. The summed E-state index contributed by atoms with van der Waals surface area (Å²) >= 11 is 1.86. The molecular formula is C52H32N4S. The van der Waals surface area contributed by atoms with E-state index < -0.39 is 0 Å². The highest BCUT2D eigenvalue weighted by Crippen LogP contribution is 2.42. The van der Waals surface area contributed by atoms with Crippen LogP contribution in [0.4, 0.5) is 0 Å². The van der Waals surface area contributed by atoms with Gasteiger partial charge in [0.1, 0.15) is 0 Å². The van der Waals surface area contributed by atoms with E-state index in [2.05, 4.69) is 146 Å². The number of hydrogen-bond donors (Lipinski definition) is 0. The third kappa shape index (κ3) is 5.93. The van der Waals surface area contributed by atoms with Crippen molar-refractivity contribution in [3.05, 3.63) is 194 Å². The monoisotopic (exact) mass is 744 g/mol. The SMILES string of the molecule is c1ccc(-c2nc(-c3ccc(-c4ccc5c(c4)sc4c(-c6ccc(-c7nc(-c8ccccc8)nc8ccccc78)cc6)cccc45)cc3)c3ccccc3n2)cc1. The van der Waals surface area contributed by atoms with Crippen LogP contribution in [0.2, 0.25) is 0 Å². The Morgan fingerprint density at radius 1 is 0.298 bits per heavy atom. The quantitative estimate of drug-likeness (QED) is 0.170. The molecule has 0 saturated carbocycles. The molecule has 266 valence electrons. The third-order valence-corrected chi connectivity index (χ3v) is 11.9. The molecule has 57 heavy (non-hydrogen) atoms. The summed E-state index contributed by atoms with van der Waals surface area (Å²) in [6.45, 7) is 0. The lowest BCUT2D eigenvalue weighted by Gasteiger charge is -2.10. The molecule has 11 rings (SSSR count). The molecule has 0 atom stereocenters. The highest BCUT2D eigenvalue weighted by molar-refractivity contribution is 7.26. The Balaban J connectivity index is 0.931. The highest BCUT2D eigenvalue weighted by Gasteiger charge is 2.16. The fraction of sp³-hybridized carbons (Fsp3) is 0. The molecule has 8 aromatic carbocycles. The minimum atomic E-state index is 0.732. The Morgan fingerprint density at radius 2 is 0.772 bits per heavy atom. The number of para-hydroxylation sites is 2. The number of benzene rings is 8. The molecule has 0 fully saturated rings. The van der Waals surface area contributed by atoms with Crippen LogP contribution in [-0.4, -0.2) is 19.9 Å². The lowest BCUT2D eigenvalue weighted by Crippen LogP contribution is -1.95. The topological polar surface area (TPSA) is 51.6 Å². The van der Waals surface area contributed by atoms with Crippen molar-refractivity contribution in [2.45, 2.75) is 0 Å². The van der Waals surface area contributed by atoms with E-state index in [4.69, 9.17) is 19.9 Å². The third-order valence-electron chi connectivity index (χ3n) is 10.7. The number of rotatable bonds is 6. The van der Waals surface area contributed by atoms with Crippen LogP contribution in [-0.2, 0) is 0 Å². The van der Waals surface area contributed by atoms with E-state index in [1.807, 2.05) is 59.9 Å². The molecule has 0 aliphatic carbocycles. The van der Waals surface area contributed by atoms with Gasteiger partial charge in [-0.05, 0) is 40.5 Å². The molecule has 0 N–H and O–H groups in total. The number of hydrogen-bond acceptors (Lipinski definition) is 5. The van der Waals surface area contributed by atoms with Crippen LogP contribution >= 0.6 is 11.3 Å². The molecule has 3 heterocycles. The smallest absolute Gasteiger partial charge is 0.160 e. The van der Waals surface area contributed by atoms with Crippen LogP contribution in [0.1, 0.15) is 0 Å². The number of aromatic nitrogens is 4. The molecule has 0 unspecified atom stereocenters. The second-order valence-corrected chi connectivity index (χ2v) is 15.3. The van der Waals surface area contributed by atoms with Crippen LogP contribution in [0.3, 0.4) is 0 Å². The number of fused-ring (bicyclic) bond motifs is 5. The van der Waals surface area contributed by atoms with Crippen LogP contribution in [0.25, 0.3) is 110 Å². The summed E-state index contributed by atoms with van der Waals surface area (Å²) in [4.78, 5) is 20.0. The van der Waals surface area contributed by atoms with Crippen molar-refractivity contribution < 1.29 is 0 Å². The first-order chi connectivity index (χ1) is 28.2. The van der Waals surface area contributed by atoms with Gasteiger partial charge >= 0.3 is 0 Å². The first-order valence-corrected chi connectivity index (χ1v) is 19.9. The van der Waals surface area contributed by atoms with E-state index in [-0.39, 0.29) is 0 Å². The van der Waals surface area contributed by atoms with Crippen molar-refractivity contribution >= 4 is 53.3 Å². The van der Waals surface area contributed by atoms with E-state index in [1.54, 1.807) is 0 Å². The molecule has 0 radical (unpaired) electrons. The van der Waals surface area contributed by atoms with E-state index in [0.717, 1.165) is 67.1 Å². The van der Waals surface area contributed by atoms with E-state index in [9.17, 15) is 0 Å². The maximum absolute atomic E-state index is 5.09. The molecule has 0 bridgehead atoms. The van der Waals surface area contributed by atoms with Crippen LogP contribution < -0.4 is 0 Å². The summed E-state index contributed by atoms with van der Waals surface area (Å²) in [5.41, 5.74) is 12.7. The van der Waals surface area contributed by atoms with Crippen LogP contribution in [0, 0.1) is 0 Å². The first-order valence-electron chi connectivity index (χ1n) is 19.0. The normalized spacial score (nSPS) is 11.5. The Bertz CT molecular complexity index is 3270. The Hall–Kier alpha value is -7.34. The minimum Gasteiger partial charge on any atom is -0.228 e. The summed E-state index contributed by atoms with van der Waals surface area (Å²) < 4.78 is 2.56. The fourth-order valence-corrected chi connectivity index (χ4v) is 9.14. The largest absolute Gasteiger partial charge is 0.228 e. The Morgan fingerprint density at radius 3 is 1.35 bits per heavy atom. The molecule has 5 heteroatoms. The summed E-state index contributed by atoms with van der Waals surface area (Å²) in [6.07, 6.45) is 0. The average Bonchev–Trinajstić information content (AvgIpc) is 3.67. The van der Waals surface area contributed by atoms with E-state index in [0.29, 0.717) is 0 Å². The van der Waals surface area contributed by atoms with Gasteiger partial charge in [-0.3, -0.25) is 0 Å². The fourth-order valence-electron chi connectivity index (χ4n) is 7.86. The second-order valence-electron chi connectivity index (χ2n) is 14.2. The molecule has 11 aromatic rings. The van der Waals surface area contributed by atoms with Gasteiger partial charge in [0.25, 0.3) is 0 Å². The molecule has 4 nitrogen and oxygen atoms in total. The lowest BCUT2D eigenvalue weighted by atomic mass is 9.98. The Kier molecular flexibility index (Phi) is 7.97. The number of nitrogens with zero attached hydrogens (tertiary/aromatic N) is 4. The Labute approximate surface area is 333 Å². The van der Waals surface area contributed by atoms with Gasteiger partial charge in [-0.25, -0.2) is 19.9 Å². The van der Waals surface area contributed by atoms with Crippen molar-refractivity contribution in [1.29, 1.82) is 0 Å². The lowest BCUT2D eigenvalue weighted by molar-refractivity contribution is 1.23. The standard InChI is InChI=1S/C52H32N4S/c1-3-12-37(13-4-1)51-53-45-20-9-7-16-43(45)48(55-51)35-26-22-33(23-27-35)39-30-31-41-42-19-11-18-40(50(42)57-47(41)32-39)34-24-28-36(29-25-34)49-44-17-8-10-21-46(44)54-52(56-49)38-14-5-2-6-15-38/h1-32H. The molecule has 0 aliphatic rings. The van der Waals surface area contributed by atoms with Gasteiger partial charge in [-0.1, -0.05) is 176 Å². The van der Waals surface area contributed by atoms with Crippen LogP contribution in [0.5, 0.6) is 0 Å². The summed E-state index contributed by atoms with van der Waals surface area (Å²) in [6, 6.07) is 68.0. The molecule has 0 amide bonds. The van der Waals surface area contributed by atoms with Gasteiger partial charge in [-0.2, -0.15) is 0 Å². The zero-order valence-corrected chi connectivity index (χ0v) is 31.5. The molecule has 0 spiro atoms. The summed E-state index contributed by atoms with van der Waals surface area (Å²) in [5.74, 6) is 1.46. The van der Waals surface area contributed by atoms with Crippen molar-refractivity contribution in [1.82, 2.24) is 19.9 Å². The maximum atomic E-state index is 5.09. The predicted octanol–water partition coefficient (Wildman–Crippen LogP) is 13.9. The van der Waals surface area contributed by atoms with Crippen molar-refractivity contribution in [3.63, 3.8) is 0 Å². The van der Waals surface area contributed by atoms with Gasteiger partial charge < -0.3 is 0 Å². The van der Waals surface area contributed by atoms with Crippen LogP contribution in [0.15, 0.2) is 194 Å². The minimum absolute atomic E-state index is 0.732. The average molecular weight is 745 g/mol. The van der Waals surface area contributed by atoms with Gasteiger partial charge in [0.05, 0.1) is 22.4 Å². The van der Waals surface area contributed by atoms with Crippen molar-refractivity contribution in [3.8, 4) is 67.5 Å². The van der Waals surface area contributed by atoms with Gasteiger partial charge in [0.15, 0.2) is 11.6 Å². The van der Waals surface area contributed by atoms with Crippen molar-refractivity contribution in [2.24, 2.45) is 0 Å². The molecule has 3 aromatic heterocycles. The van der Waals surface area contributed by atoms with E-state index in [1.165, 1.54) is 42.4 Å².